The first-order chi connectivity index (χ1) is 9.24. The first-order valence-electron chi connectivity index (χ1n) is 6.77. The van der Waals surface area contributed by atoms with Crippen molar-refractivity contribution in [3.8, 4) is 0 Å². The Kier molecular flexibility index (Phi) is 3.12. The van der Waals surface area contributed by atoms with Crippen molar-refractivity contribution in [3.05, 3.63) is 71.3 Å². The van der Waals surface area contributed by atoms with Crippen molar-refractivity contribution < 1.29 is 0 Å². The number of hydrogen-bond donors (Lipinski definition) is 0. The standard InChI is InChI=1S/C18H19N/c1-19(2)17-11-7-14(8-12-17)13-16-10-9-15-5-3-4-6-18(15)16/h3-8,10-12H,9,13H2,1-2H3. The smallest absolute Gasteiger partial charge is 0.0361 e. The van der Waals surface area contributed by atoms with Crippen LogP contribution < -0.4 is 4.90 Å². The van der Waals surface area contributed by atoms with E-state index in [1.165, 1.54) is 28.0 Å². The van der Waals surface area contributed by atoms with Crippen molar-refractivity contribution in [2.24, 2.45) is 0 Å². The van der Waals surface area contributed by atoms with E-state index in [0.717, 1.165) is 12.8 Å². The van der Waals surface area contributed by atoms with Crippen LogP contribution in [0.1, 0.15) is 16.7 Å². The predicted octanol–water partition coefficient (Wildman–Crippen LogP) is 3.93. The van der Waals surface area contributed by atoms with Crippen molar-refractivity contribution in [1.82, 2.24) is 0 Å². The quantitative estimate of drug-likeness (QED) is 0.796. The molecule has 0 unspecified atom stereocenters. The second kappa shape index (κ2) is 4.93. The van der Waals surface area contributed by atoms with Gasteiger partial charge in [0.1, 0.15) is 0 Å². The zero-order valence-electron chi connectivity index (χ0n) is 11.6. The molecule has 0 radical (unpaired) electrons. The summed E-state index contributed by atoms with van der Waals surface area (Å²) in [5.41, 5.74) is 6.99. The first kappa shape index (κ1) is 12.0. The van der Waals surface area contributed by atoms with Gasteiger partial charge in [-0.25, -0.2) is 0 Å². The summed E-state index contributed by atoms with van der Waals surface area (Å²) in [6.07, 6.45) is 4.48. The van der Waals surface area contributed by atoms with Gasteiger partial charge in [-0.3, -0.25) is 0 Å². The summed E-state index contributed by atoms with van der Waals surface area (Å²) in [5.74, 6) is 0. The molecule has 0 atom stereocenters. The van der Waals surface area contributed by atoms with E-state index in [-0.39, 0.29) is 0 Å². The molecular formula is C18H19N. The van der Waals surface area contributed by atoms with E-state index in [4.69, 9.17) is 0 Å². The van der Waals surface area contributed by atoms with E-state index in [2.05, 4.69) is 73.6 Å². The average Bonchev–Trinajstić information content (AvgIpc) is 2.83. The maximum atomic E-state index is 2.37. The Morgan fingerprint density at radius 1 is 0.947 bits per heavy atom. The minimum Gasteiger partial charge on any atom is -0.378 e. The van der Waals surface area contributed by atoms with E-state index >= 15 is 0 Å². The Labute approximate surface area is 115 Å². The van der Waals surface area contributed by atoms with Gasteiger partial charge in [0.05, 0.1) is 0 Å². The van der Waals surface area contributed by atoms with E-state index < -0.39 is 0 Å². The molecule has 1 aliphatic rings. The van der Waals surface area contributed by atoms with Gasteiger partial charge in [0, 0.05) is 19.8 Å². The van der Waals surface area contributed by atoms with E-state index in [9.17, 15) is 0 Å². The van der Waals surface area contributed by atoms with Crippen LogP contribution >= 0.6 is 0 Å². The Hall–Kier alpha value is -2.02. The van der Waals surface area contributed by atoms with Crippen LogP contribution in [0.4, 0.5) is 5.69 Å². The molecule has 0 heterocycles. The summed E-state index contributed by atoms with van der Waals surface area (Å²) in [5, 5.41) is 0. The lowest BCUT2D eigenvalue weighted by Crippen LogP contribution is -2.08. The summed E-state index contributed by atoms with van der Waals surface area (Å²) >= 11 is 0. The van der Waals surface area contributed by atoms with Crippen LogP contribution in [0, 0.1) is 0 Å². The molecule has 0 saturated carbocycles. The highest BCUT2D eigenvalue weighted by atomic mass is 15.1. The topological polar surface area (TPSA) is 3.24 Å². The number of allylic oxidation sites excluding steroid dienone is 2. The molecule has 0 saturated heterocycles. The molecule has 19 heavy (non-hydrogen) atoms. The largest absolute Gasteiger partial charge is 0.378 e. The molecule has 0 spiro atoms. The minimum absolute atomic E-state index is 1.03. The lowest BCUT2D eigenvalue weighted by atomic mass is 9.99. The second-order valence-electron chi connectivity index (χ2n) is 5.33. The zero-order valence-corrected chi connectivity index (χ0v) is 11.6. The number of nitrogens with zero attached hydrogens (tertiary/aromatic N) is 1. The van der Waals surface area contributed by atoms with Gasteiger partial charge >= 0.3 is 0 Å². The molecule has 3 rings (SSSR count). The predicted molar refractivity (Wildman–Crippen MR) is 82.6 cm³/mol. The summed E-state index contributed by atoms with van der Waals surface area (Å²) in [7, 11) is 4.15. The van der Waals surface area contributed by atoms with Gasteiger partial charge in [0.15, 0.2) is 0 Å². The number of hydrogen-bond acceptors (Lipinski definition) is 1. The lowest BCUT2D eigenvalue weighted by molar-refractivity contribution is 1.13. The number of anilines is 1. The van der Waals surface area contributed by atoms with E-state index in [1.54, 1.807) is 0 Å². The van der Waals surface area contributed by atoms with Gasteiger partial charge < -0.3 is 4.90 Å². The summed E-state index contributed by atoms with van der Waals surface area (Å²) in [6, 6.07) is 17.6. The Balaban J connectivity index is 1.80. The van der Waals surface area contributed by atoms with Crippen LogP contribution in [0.2, 0.25) is 0 Å². The number of fused-ring (bicyclic) bond motifs is 1. The lowest BCUT2D eigenvalue weighted by Gasteiger charge is -2.13. The van der Waals surface area contributed by atoms with Gasteiger partial charge in [-0.15, -0.1) is 0 Å². The van der Waals surface area contributed by atoms with Crippen LogP contribution in [-0.2, 0) is 12.8 Å². The van der Waals surface area contributed by atoms with Crippen LogP contribution in [0.5, 0.6) is 0 Å². The van der Waals surface area contributed by atoms with Crippen molar-refractivity contribution in [2.75, 3.05) is 19.0 Å². The van der Waals surface area contributed by atoms with Crippen molar-refractivity contribution in [1.29, 1.82) is 0 Å². The van der Waals surface area contributed by atoms with Crippen LogP contribution in [0.3, 0.4) is 0 Å². The van der Waals surface area contributed by atoms with E-state index in [0.29, 0.717) is 0 Å². The van der Waals surface area contributed by atoms with Gasteiger partial charge in [-0.05, 0) is 47.2 Å². The van der Waals surface area contributed by atoms with Gasteiger partial charge in [-0.1, -0.05) is 42.5 Å². The zero-order chi connectivity index (χ0) is 13.2. The van der Waals surface area contributed by atoms with Crippen molar-refractivity contribution in [3.63, 3.8) is 0 Å². The fourth-order valence-electron chi connectivity index (χ4n) is 2.65. The monoisotopic (exact) mass is 249 g/mol. The molecule has 1 heteroatoms. The van der Waals surface area contributed by atoms with Crippen LogP contribution in [-0.4, -0.2) is 14.1 Å². The molecule has 0 fully saturated rings. The molecule has 2 aromatic rings. The number of rotatable bonds is 3. The third-order valence-electron chi connectivity index (χ3n) is 3.78. The third kappa shape index (κ3) is 2.41. The Morgan fingerprint density at radius 3 is 2.42 bits per heavy atom. The maximum absolute atomic E-state index is 2.37. The average molecular weight is 249 g/mol. The molecule has 0 N–H and O–H groups in total. The Bertz CT molecular complexity index is 606. The SMILES string of the molecule is CN(C)c1ccc(CC2=CCc3ccccc32)cc1. The summed E-state index contributed by atoms with van der Waals surface area (Å²) in [4.78, 5) is 2.13. The minimum atomic E-state index is 1.03. The normalized spacial score (nSPS) is 13.1. The molecule has 0 bridgehead atoms. The molecule has 2 aromatic carbocycles. The molecule has 96 valence electrons. The molecular weight excluding hydrogens is 230 g/mol. The molecule has 0 aliphatic heterocycles. The van der Waals surface area contributed by atoms with Gasteiger partial charge in [-0.2, -0.15) is 0 Å². The number of benzene rings is 2. The van der Waals surface area contributed by atoms with Gasteiger partial charge in [0.2, 0.25) is 0 Å². The fourth-order valence-corrected chi connectivity index (χ4v) is 2.65. The molecule has 1 aliphatic carbocycles. The van der Waals surface area contributed by atoms with Crippen LogP contribution in [0.25, 0.3) is 5.57 Å². The summed E-state index contributed by atoms with van der Waals surface area (Å²) < 4.78 is 0. The highest BCUT2D eigenvalue weighted by molar-refractivity contribution is 5.74. The molecule has 0 amide bonds. The Morgan fingerprint density at radius 2 is 1.68 bits per heavy atom. The second-order valence-corrected chi connectivity index (χ2v) is 5.33. The first-order valence-corrected chi connectivity index (χ1v) is 6.77. The fraction of sp³-hybridized carbons (Fsp3) is 0.222. The maximum Gasteiger partial charge on any atom is 0.0361 e. The summed E-state index contributed by atoms with van der Waals surface area (Å²) in [6.45, 7) is 0. The molecule has 0 aromatic heterocycles. The van der Waals surface area contributed by atoms with Crippen molar-refractivity contribution >= 4 is 11.3 Å². The van der Waals surface area contributed by atoms with Gasteiger partial charge in [0.25, 0.3) is 0 Å². The van der Waals surface area contributed by atoms with Crippen molar-refractivity contribution in [2.45, 2.75) is 12.8 Å². The molecule has 1 nitrogen and oxygen atoms in total. The highest BCUT2D eigenvalue weighted by Crippen LogP contribution is 2.30. The highest BCUT2D eigenvalue weighted by Gasteiger charge is 2.13. The van der Waals surface area contributed by atoms with E-state index in [1.807, 2.05) is 0 Å². The third-order valence-corrected chi connectivity index (χ3v) is 3.78. The van der Waals surface area contributed by atoms with Crippen LogP contribution in [0.15, 0.2) is 54.6 Å².